The lowest BCUT2D eigenvalue weighted by atomic mass is 10.0. The van der Waals surface area contributed by atoms with Crippen LogP contribution in [0.2, 0.25) is 0 Å². The molecular weight excluding hydrogens is 132 g/mol. The lowest BCUT2D eigenvalue weighted by Gasteiger charge is -2.08. The maximum absolute atomic E-state index is 8.74. The topological polar surface area (TPSA) is 38.7 Å². The molecule has 0 aromatic carbocycles. The predicted molar refractivity (Wildman–Crippen MR) is 34.4 cm³/mol. The van der Waals surface area contributed by atoms with Gasteiger partial charge in [-0.15, -0.1) is 0 Å². The Balaban J connectivity index is 1.94. The van der Waals surface area contributed by atoms with Gasteiger partial charge >= 0.3 is 0 Å². The summed E-state index contributed by atoms with van der Waals surface area (Å²) in [4.78, 5) is 0. The summed E-state index contributed by atoms with van der Waals surface area (Å²) >= 11 is 0. The number of ether oxygens (including phenoxy) is 2. The summed E-state index contributed by atoms with van der Waals surface area (Å²) in [6, 6.07) is 0. The van der Waals surface area contributed by atoms with Crippen LogP contribution >= 0.6 is 0 Å². The molecule has 3 heteroatoms. The Morgan fingerprint density at radius 1 is 1.50 bits per heavy atom. The third kappa shape index (κ3) is 0.944. The molecule has 0 amide bonds. The normalized spacial score (nSPS) is 45.9. The molecule has 1 N–H and O–H groups in total. The van der Waals surface area contributed by atoms with Crippen molar-refractivity contribution in [3.8, 4) is 0 Å². The summed E-state index contributed by atoms with van der Waals surface area (Å²) in [7, 11) is 0. The number of aliphatic hydroxyl groups is 1. The quantitative estimate of drug-likeness (QED) is 0.568. The summed E-state index contributed by atoms with van der Waals surface area (Å²) in [5.74, 6) is 0.553. The third-order valence-corrected chi connectivity index (χ3v) is 2.25. The molecule has 0 aromatic rings. The van der Waals surface area contributed by atoms with Crippen LogP contribution in [0, 0.1) is 5.92 Å². The fraction of sp³-hybridized carbons (Fsp3) is 1.00. The van der Waals surface area contributed by atoms with Crippen molar-refractivity contribution in [2.45, 2.75) is 25.2 Å². The first-order valence-corrected chi connectivity index (χ1v) is 3.78. The van der Waals surface area contributed by atoms with E-state index in [4.69, 9.17) is 14.6 Å². The zero-order valence-electron chi connectivity index (χ0n) is 5.82. The van der Waals surface area contributed by atoms with Gasteiger partial charge in [0.1, 0.15) is 0 Å². The summed E-state index contributed by atoms with van der Waals surface area (Å²) in [6.45, 7) is 0.962. The smallest absolute Gasteiger partial charge is 0.161 e. The van der Waals surface area contributed by atoms with Gasteiger partial charge in [0.2, 0.25) is 0 Å². The number of hydrogen-bond donors (Lipinski definition) is 1. The molecular formula is C7H12O3. The van der Waals surface area contributed by atoms with Crippen LogP contribution in [-0.4, -0.2) is 30.7 Å². The fourth-order valence-corrected chi connectivity index (χ4v) is 1.69. The molecule has 10 heavy (non-hydrogen) atoms. The van der Waals surface area contributed by atoms with E-state index in [9.17, 15) is 0 Å². The Hall–Kier alpha value is -0.120. The molecule has 2 saturated heterocycles. The van der Waals surface area contributed by atoms with Gasteiger partial charge in [0, 0.05) is 5.92 Å². The van der Waals surface area contributed by atoms with Crippen LogP contribution in [-0.2, 0) is 9.47 Å². The van der Waals surface area contributed by atoms with Crippen LogP contribution in [0.5, 0.6) is 0 Å². The van der Waals surface area contributed by atoms with E-state index >= 15 is 0 Å². The van der Waals surface area contributed by atoms with Gasteiger partial charge in [-0.1, -0.05) is 0 Å². The predicted octanol–water partition coefficient (Wildman–Crippen LogP) is 0.130. The van der Waals surface area contributed by atoms with Gasteiger partial charge in [0.15, 0.2) is 6.29 Å². The highest BCUT2D eigenvalue weighted by Gasteiger charge is 2.38. The lowest BCUT2D eigenvalue weighted by Crippen LogP contribution is -2.15. The molecule has 2 rings (SSSR count). The number of hydrogen-bond acceptors (Lipinski definition) is 3. The molecule has 2 fully saturated rings. The third-order valence-electron chi connectivity index (χ3n) is 2.25. The van der Waals surface area contributed by atoms with Gasteiger partial charge in [0.25, 0.3) is 0 Å². The first kappa shape index (κ1) is 6.58. The van der Waals surface area contributed by atoms with Crippen molar-refractivity contribution in [1.29, 1.82) is 0 Å². The molecule has 0 bridgehead atoms. The van der Waals surface area contributed by atoms with Crippen molar-refractivity contribution in [1.82, 2.24) is 0 Å². The minimum absolute atomic E-state index is 0.00264. The summed E-state index contributed by atoms with van der Waals surface area (Å²) in [5.41, 5.74) is 0. The molecule has 0 saturated carbocycles. The van der Waals surface area contributed by atoms with Crippen molar-refractivity contribution in [2.24, 2.45) is 5.92 Å². The van der Waals surface area contributed by atoms with Crippen molar-refractivity contribution in [2.75, 3.05) is 13.2 Å². The average Bonchev–Trinajstić information content (AvgIpc) is 2.42. The zero-order valence-corrected chi connectivity index (χ0v) is 5.82. The molecule has 2 aliphatic heterocycles. The van der Waals surface area contributed by atoms with Crippen LogP contribution in [0.15, 0.2) is 0 Å². The Kier molecular flexibility index (Phi) is 1.64. The maximum atomic E-state index is 8.74. The highest BCUT2D eigenvalue weighted by atomic mass is 16.7. The highest BCUT2D eigenvalue weighted by Crippen LogP contribution is 2.34. The van der Waals surface area contributed by atoms with Crippen LogP contribution in [0.4, 0.5) is 0 Å². The van der Waals surface area contributed by atoms with E-state index in [-0.39, 0.29) is 19.0 Å². The van der Waals surface area contributed by atoms with Gasteiger partial charge < -0.3 is 14.6 Å². The van der Waals surface area contributed by atoms with Gasteiger partial charge in [-0.05, 0) is 12.8 Å². The summed E-state index contributed by atoms with van der Waals surface area (Å²) in [5, 5.41) is 8.74. The van der Waals surface area contributed by atoms with Crippen molar-refractivity contribution < 1.29 is 14.6 Å². The van der Waals surface area contributed by atoms with E-state index in [0.717, 1.165) is 19.4 Å². The number of fused-ring (bicyclic) bond motifs is 1. The Bertz CT molecular complexity index is 114. The fourth-order valence-electron chi connectivity index (χ4n) is 1.69. The van der Waals surface area contributed by atoms with Crippen molar-refractivity contribution in [3.63, 3.8) is 0 Å². The second kappa shape index (κ2) is 2.49. The van der Waals surface area contributed by atoms with Crippen molar-refractivity contribution >= 4 is 0 Å². The monoisotopic (exact) mass is 144 g/mol. The Labute approximate surface area is 59.9 Å². The van der Waals surface area contributed by atoms with E-state index in [0.29, 0.717) is 5.92 Å². The second-order valence-corrected chi connectivity index (χ2v) is 2.96. The summed E-state index contributed by atoms with van der Waals surface area (Å²) < 4.78 is 10.6. The molecule has 0 aliphatic carbocycles. The molecule has 0 spiro atoms. The van der Waals surface area contributed by atoms with E-state index in [1.165, 1.54) is 0 Å². The van der Waals surface area contributed by atoms with Gasteiger partial charge in [-0.2, -0.15) is 0 Å². The first-order valence-electron chi connectivity index (χ1n) is 3.78. The largest absolute Gasteiger partial charge is 0.394 e. The summed E-state index contributed by atoms with van der Waals surface area (Å²) in [6.07, 6.45) is 2.11. The van der Waals surface area contributed by atoms with Crippen LogP contribution in [0.1, 0.15) is 12.8 Å². The van der Waals surface area contributed by atoms with E-state index < -0.39 is 0 Å². The minimum Gasteiger partial charge on any atom is -0.394 e. The van der Waals surface area contributed by atoms with Crippen LogP contribution < -0.4 is 0 Å². The molecule has 2 heterocycles. The van der Waals surface area contributed by atoms with Crippen molar-refractivity contribution in [3.05, 3.63) is 0 Å². The van der Waals surface area contributed by atoms with Gasteiger partial charge in [-0.3, -0.25) is 0 Å². The average molecular weight is 144 g/mol. The Morgan fingerprint density at radius 3 is 3.10 bits per heavy atom. The van der Waals surface area contributed by atoms with E-state index in [1.54, 1.807) is 0 Å². The molecule has 0 aromatic heterocycles. The molecule has 58 valence electrons. The van der Waals surface area contributed by atoms with Gasteiger partial charge in [0.05, 0.1) is 19.3 Å². The van der Waals surface area contributed by atoms with Crippen LogP contribution in [0.3, 0.4) is 0 Å². The number of rotatable bonds is 1. The zero-order chi connectivity index (χ0) is 6.97. The molecule has 0 radical (unpaired) electrons. The van der Waals surface area contributed by atoms with E-state index in [1.807, 2.05) is 0 Å². The second-order valence-electron chi connectivity index (χ2n) is 2.96. The Morgan fingerprint density at radius 2 is 2.40 bits per heavy atom. The maximum Gasteiger partial charge on any atom is 0.161 e. The van der Waals surface area contributed by atoms with Gasteiger partial charge in [-0.25, -0.2) is 0 Å². The van der Waals surface area contributed by atoms with E-state index in [2.05, 4.69) is 0 Å². The molecule has 3 unspecified atom stereocenters. The van der Waals surface area contributed by atoms with Crippen LogP contribution in [0.25, 0.3) is 0 Å². The molecule has 3 atom stereocenters. The minimum atomic E-state index is -0.00264. The lowest BCUT2D eigenvalue weighted by molar-refractivity contribution is -0.124. The number of aliphatic hydroxyl groups excluding tert-OH is 1. The first-order chi connectivity index (χ1) is 4.90. The molecule has 3 nitrogen and oxygen atoms in total. The SMILES string of the molecule is OCC1CC2CCOC2O1. The standard InChI is InChI=1S/C7H12O3/c8-4-6-3-5-1-2-9-7(5)10-6/h5-8H,1-4H2. The highest BCUT2D eigenvalue weighted by molar-refractivity contribution is 4.80. The molecule has 2 aliphatic rings.